The van der Waals surface area contributed by atoms with Crippen LogP contribution in [-0.2, 0) is 5.41 Å². The van der Waals surface area contributed by atoms with Crippen LogP contribution < -0.4 is 0 Å². The highest BCUT2D eigenvalue weighted by molar-refractivity contribution is 9.10. The summed E-state index contributed by atoms with van der Waals surface area (Å²) >= 11 is 3.76. The summed E-state index contributed by atoms with van der Waals surface area (Å²) in [5.41, 5.74) is 13.3. The van der Waals surface area contributed by atoms with Gasteiger partial charge >= 0.3 is 0 Å². The average Bonchev–Trinajstić information content (AvgIpc) is 3.47. The fourth-order valence-corrected chi connectivity index (χ4v) is 7.48. The number of para-hydroxylation sites is 2. The van der Waals surface area contributed by atoms with Gasteiger partial charge in [0.1, 0.15) is 0 Å². The molecule has 0 bridgehead atoms. The molecule has 0 amide bonds. The monoisotopic (exact) mass is 569 g/mol. The Morgan fingerprint density at radius 1 is 0.590 bits per heavy atom. The van der Waals surface area contributed by atoms with Gasteiger partial charge in [-0.2, -0.15) is 0 Å². The Labute approximate surface area is 239 Å². The molecule has 1 aliphatic rings. The second-order valence-electron chi connectivity index (χ2n) is 11.0. The molecule has 6 aromatic rings. The molecule has 1 heterocycles. The van der Waals surface area contributed by atoms with E-state index in [2.05, 4.69) is 138 Å². The number of nitrogens with one attached hydrogen (secondary N) is 1. The number of hydrogen-bond acceptors (Lipinski definition) is 0. The predicted octanol–water partition coefficient (Wildman–Crippen LogP) is 11.3. The van der Waals surface area contributed by atoms with Crippen LogP contribution in [0.5, 0.6) is 0 Å². The van der Waals surface area contributed by atoms with Gasteiger partial charge in [-0.1, -0.05) is 121 Å². The van der Waals surface area contributed by atoms with Crippen LogP contribution in [0.25, 0.3) is 55.2 Å². The topological polar surface area (TPSA) is 15.8 Å². The van der Waals surface area contributed by atoms with Gasteiger partial charge in [0.25, 0.3) is 0 Å². The third kappa shape index (κ3) is 3.80. The van der Waals surface area contributed by atoms with Crippen molar-refractivity contribution in [2.24, 2.45) is 0 Å². The summed E-state index contributed by atoms with van der Waals surface area (Å²) in [7, 11) is 0. The minimum atomic E-state index is 0.0825. The molecule has 0 fully saturated rings. The van der Waals surface area contributed by atoms with Gasteiger partial charge in [0.2, 0.25) is 0 Å². The van der Waals surface area contributed by atoms with Crippen molar-refractivity contribution in [2.45, 2.75) is 44.9 Å². The van der Waals surface area contributed by atoms with E-state index < -0.39 is 0 Å². The molecular formula is C37H32BrN. The largest absolute Gasteiger partial charge is 0.354 e. The predicted molar refractivity (Wildman–Crippen MR) is 170 cm³/mol. The Morgan fingerprint density at radius 3 is 2.00 bits per heavy atom. The Morgan fingerprint density at radius 2 is 1.23 bits per heavy atom. The van der Waals surface area contributed by atoms with Gasteiger partial charge in [-0.15, -0.1) is 0 Å². The van der Waals surface area contributed by atoms with Gasteiger partial charge in [0.05, 0.1) is 5.52 Å². The molecule has 2 heteroatoms. The van der Waals surface area contributed by atoms with Crippen molar-refractivity contribution in [3.05, 3.63) is 119 Å². The first-order valence-corrected chi connectivity index (χ1v) is 15.0. The van der Waals surface area contributed by atoms with Crippen LogP contribution in [0.15, 0.2) is 108 Å². The Bertz CT molecular complexity index is 1830. The van der Waals surface area contributed by atoms with Crippen molar-refractivity contribution in [1.82, 2.24) is 4.98 Å². The number of hydrogen-bond donors (Lipinski definition) is 1. The Balaban J connectivity index is 1.31. The van der Waals surface area contributed by atoms with Crippen molar-refractivity contribution in [3.63, 3.8) is 0 Å². The molecule has 0 aliphatic heterocycles. The molecule has 192 valence electrons. The summed E-state index contributed by atoms with van der Waals surface area (Å²) < 4.78 is 1.17. The molecule has 0 atom stereocenters. The summed E-state index contributed by atoms with van der Waals surface area (Å²) in [4.78, 5) is 3.66. The lowest BCUT2D eigenvalue weighted by Crippen LogP contribution is -2.25. The van der Waals surface area contributed by atoms with Crippen LogP contribution in [0, 0.1) is 0 Å². The molecule has 0 radical (unpaired) electrons. The summed E-state index contributed by atoms with van der Waals surface area (Å²) in [5, 5.41) is 2.56. The summed E-state index contributed by atoms with van der Waals surface area (Å²) in [6, 6.07) is 38.3. The number of rotatable bonds is 6. The van der Waals surface area contributed by atoms with E-state index in [-0.39, 0.29) is 5.41 Å². The summed E-state index contributed by atoms with van der Waals surface area (Å²) in [6.45, 7) is 4.65. The smallest absolute Gasteiger partial charge is 0.0544 e. The molecule has 1 N–H and O–H groups in total. The summed E-state index contributed by atoms with van der Waals surface area (Å²) in [6.07, 6.45) is 4.69. The van der Waals surface area contributed by atoms with E-state index in [4.69, 9.17) is 0 Å². The van der Waals surface area contributed by atoms with Gasteiger partial charge in [0, 0.05) is 31.7 Å². The Hall–Kier alpha value is -3.62. The van der Waals surface area contributed by atoms with Gasteiger partial charge in [-0.05, 0) is 76.1 Å². The SMILES string of the molecule is CCCC1(CCC)c2cc(Br)ccc2-c2ccc(-c3ccc(-c4cccc5c4[nH]c4ccccc45)cc3)cc21. The van der Waals surface area contributed by atoms with E-state index in [1.54, 1.807) is 0 Å². The highest BCUT2D eigenvalue weighted by atomic mass is 79.9. The third-order valence-electron chi connectivity index (χ3n) is 8.75. The van der Waals surface area contributed by atoms with Crippen LogP contribution >= 0.6 is 15.9 Å². The summed E-state index contributed by atoms with van der Waals surface area (Å²) in [5.74, 6) is 0. The maximum atomic E-state index is 3.76. The highest BCUT2D eigenvalue weighted by Gasteiger charge is 2.42. The van der Waals surface area contributed by atoms with Gasteiger partial charge in [-0.25, -0.2) is 0 Å². The minimum Gasteiger partial charge on any atom is -0.354 e. The molecule has 0 unspecified atom stereocenters. The first kappa shape index (κ1) is 24.4. The molecule has 1 aliphatic carbocycles. The van der Waals surface area contributed by atoms with Crippen molar-refractivity contribution in [3.8, 4) is 33.4 Å². The van der Waals surface area contributed by atoms with Crippen molar-refractivity contribution < 1.29 is 0 Å². The lowest BCUT2D eigenvalue weighted by molar-refractivity contribution is 0.436. The lowest BCUT2D eigenvalue weighted by atomic mass is 9.71. The molecule has 0 saturated carbocycles. The van der Waals surface area contributed by atoms with E-state index in [9.17, 15) is 0 Å². The van der Waals surface area contributed by atoms with Crippen LogP contribution in [0.4, 0.5) is 0 Å². The normalized spacial score (nSPS) is 13.6. The Kier molecular flexibility index (Phi) is 5.97. The number of benzene rings is 5. The molecule has 0 saturated heterocycles. The maximum Gasteiger partial charge on any atom is 0.0544 e. The van der Waals surface area contributed by atoms with Crippen molar-refractivity contribution in [1.29, 1.82) is 0 Å². The quantitative estimate of drug-likeness (QED) is 0.205. The molecular weight excluding hydrogens is 538 g/mol. The fourth-order valence-electron chi connectivity index (χ4n) is 7.12. The second-order valence-corrected chi connectivity index (χ2v) is 11.9. The molecule has 7 rings (SSSR count). The lowest BCUT2D eigenvalue weighted by Gasteiger charge is -2.32. The molecule has 1 nitrogen and oxygen atoms in total. The molecule has 5 aromatic carbocycles. The maximum absolute atomic E-state index is 3.76. The van der Waals surface area contributed by atoms with Crippen LogP contribution in [0.1, 0.15) is 50.7 Å². The van der Waals surface area contributed by atoms with E-state index in [0.717, 1.165) is 0 Å². The van der Waals surface area contributed by atoms with Crippen molar-refractivity contribution >= 4 is 37.7 Å². The van der Waals surface area contributed by atoms with E-state index in [1.807, 2.05) is 0 Å². The molecule has 1 aromatic heterocycles. The zero-order chi connectivity index (χ0) is 26.6. The first-order chi connectivity index (χ1) is 19.1. The number of fused-ring (bicyclic) bond motifs is 6. The zero-order valence-corrected chi connectivity index (χ0v) is 24.1. The fraction of sp³-hybridized carbons (Fsp3) is 0.189. The van der Waals surface area contributed by atoms with Gasteiger partial charge in [-0.3, -0.25) is 0 Å². The van der Waals surface area contributed by atoms with E-state index in [1.165, 1.54) is 96.5 Å². The second kappa shape index (κ2) is 9.54. The molecule has 0 spiro atoms. The minimum absolute atomic E-state index is 0.0825. The number of halogens is 1. The van der Waals surface area contributed by atoms with Crippen LogP contribution in [0.3, 0.4) is 0 Å². The average molecular weight is 571 g/mol. The van der Waals surface area contributed by atoms with E-state index >= 15 is 0 Å². The van der Waals surface area contributed by atoms with E-state index in [0.29, 0.717) is 0 Å². The number of aromatic nitrogens is 1. The van der Waals surface area contributed by atoms with Crippen LogP contribution in [0.2, 0.25) is 0 Å². The van der Waals surface area contributed by atoms with Gasteiger partial charge in [0.15, 0.2) is 0 Å². The van der Waals surface area contributed by atoms with Gasteiger partial charge < -0.3 is 4.98 Å². The highest BCUT2D eigenvalue weighted by Crippen LogP contribution is 2.55. The van der Waals surface area contributed by atoms with Crippen LogP contribution in [-0.4, -0.2) is 4.98 Å². The number of aromatic amines is 1. The molecule has 39 heavy (non-hydrogen) atoms. The van der Waals surface area contributed by atoms with Crippen molar-refractivity contribution in [2.75, 3.05) is 0 Å². The zero-order valence-electron chi connectivity index (χ0n) is 22.5. The third-order valence-corrected chi connectivity index (χ3v) is 9.24. The standard InChI is InChI=1S/C37H32BrN/c1-3-20-37(21-4-2)33-22-26(16-18-29(33)30-19-17-27(38)23-34(30)37)24-12-14-25(15-13-24)28-9-7-10-32-31-8-5-6-11-35(31)39-36(28)32/h5-19,22-23,39H,3-4,20-21H2,1-2H3. The first-order valence-electron chi connectivity index (χ1n) is 14.2. The number of H-pyrrole nitrogens is 1.